The zero-order valence-corrected chi connectivity index (χ0v) is 11.4. The van der Waals surface area contributed by atoms with Crippen molar-refractivity contribution in [2.24, 2.45) is 0 Å². The van der Waals surface area contributed by atoms with E-state index in [-0.39, 0.29) is 6.07 Å². The topological polar surface area (TPSA) is 62.5 Å². The summed E-state index contributed by atoms with van der Waals surface area (Å²) in [6, 6.07) is 0.0239. The van der Waals surface area contributed by atoms with Crippen LogP contribution in [0.5, 0.6) is 0 Å². The lowest BCUT2D eigenvalue weighted by molar-refractivity contribution is -0.532. The Hall–Kier alpha value is -1.54. The summed E-state index contributed by atoms with van der Waals surface area (Å²) in [6.45, 7) is -3.14. The van der Waals surface area contributed by atoms with Crippen LogP contribution in [0.2, 0.25) is 0 Å². The van der Waals surface area contributed by atoms with E-state index >= 15 is 0 Å². The van der Waals surface area contributed by atoms with Crippen molar-refractivity contribution >= 4 is 0 Å². The van der Waals surface area contributed by atoms with E-state index < -0.39 is 49.1 Å². The fourth-order valence-electron chi connectivity index (χ4n) is 1.07. The van der Waals surface area contributed by atoms with Gasteiger partial charge in [0.05, 0.1) is 0 Å². The molecule has 0 aliphatic rings. The second-order valence-corrected chi connectivity index (χ2v) is 4.23. The van der Waals surface area contributed by atoms with E-state index in [9.17, 15) is 57.1 Å². The molecular formula is C9H4F13NO3. The van der Waals surface area contributed by atoms with E-state index in [1.165, 1.54) is 0 Å². The van der Waals surface area contributed by atoms with Crippen LogP contribution >= 0.6 is 0 Å². The first-order chi connectivity index (χ1) is 11.2. The minimum Gasteiger partial charge on any atom is -0.390 e. The fourth-order valence-corrected chi connectivity index (χ4v) is 1.07. The zero-order chi connectivity index (χ0) is 21.4. The van der Waals surface area contributed by atoms with Gasteiger partial charge in [-0.3, -0.25) is 9.47 Å². The number of nitrogens with zero attached hydrogens (tertiary/aromatic N) is 1. The molecule has 2 unspecified atom stereocenters. The summed E-state index contributed by atoms with van der Waals surface area (Å²) in [5.74, 6) is -20.7. The molecule has 0 aliphatic carbocycles. The van der Waals surface area contributed by atoms with E-state index in [1.54, 1.807) is 4.74 Å². The summed E-state index contributed by atoms with van der Waals surface area (Å²) in [4.78, 5) is 0. The highest BCUT2D eigenvalue weighted by Crippen LogP contribution is 2.54. The van der Waals surface area contributed by atoms with Crippen molar-refractivity contribution in [3.05, 3.63) is 0 Å². The Labute approximate surface area is 133 Å². The maximum atomic E-state index is 13.5. The molecule has 4 nitrogen and oxygen atoms in total. The Morgan fingerprint density at radius 1 is 0.846 bits per heavy atom. The van der Waals surface area contributed by atoms with Gasteiger partial charge < -0.3 is 5.11 Å². The number of aliphatic hydroxyl groups is 1. The number of alkyl halides is 13. The van der Waals surface area contributed by atoms with E-state index in [1.807, 2.05) is 0 Å². The first-order valence-corrected chi connectivity index (χ1v) is 5.52. The van der Waals surface area contributed by atoms with Crippen molar-refractivity contribution in [2.45, 2.75) is 42.5 Å². The predicted octanol–water partition coefficient (Wildman–Crippen LogP) is 3.52. The van der Waals surface area contributed by atoms with E-state index in [2.05, 4.69) is 4.74 Å². The molecule has 2 atom stereocenters. The van der Waals surface area contributed by atoms with Crippen LogP contribution in [0.1, 0.15) is 0 Å². The van der Waals surface area contributed by atoms with Gasteiger partial charge in [-0.2, -0.15) is 62.3 Å². The number of aliphatic hydroxyl groups excluding tert-OH is 1. The van der Waals surface area contributed by atoms with Crippen molar-refractivity contribution in [1.82, 2.24) is 0 Å². The highest BCUT2D eigenvalue weighted by Gasteiger charge is 2.83. The van der Waals surface area contributed by atoms with Crippen molar-refractivity contribution in [2.75, 3.05) is 6.61 Å². The van der Waals surface area contributed by atoms with Crippen LogP contribution in [0.4, 0.5) is 57.1 Å². The molecule has 0 spiro atoms. The Kier molecular flexibility index (Phi) is 6.48. The average Bonchev–Trinajstić information content (AvgIpc) is 2.44. The molecule has 0 amide bonds. The third-order valence-electron chi connectivity index (χ3n) is 2.38. The first kappa shape index (κ1) is 24.5. The van der Waals surface area contributed by atoms with Crippen molar-refractivity contribution < 1.29 is 71.7 Å². The van der Waals surface area contributed by atoms with Gasteiger partial charge >= 0.3 is 36.1 Å². The second kappa shape index (κ2) is 6.88. The quantitative estimate of drug-likeness (QED) is 0.610. The summed E-state index contributed by atoms with van der Waals surface area (Å²) in [6.07, 6.45) is -25.7. The van der Waals surface area contributed by atoms with Crippen LogP contribution in [0.3, 0.4) is 0 Å². The molecular weight excluding hydrogens is 417 g/mol. The summed E-state index contributed by atoms with van der Waals surface area (Å²) in [5.41, 5.74) is 0. The summed E-state index contributed by atoms with van der Waals surface area (Å²) < 4.78 is 170. The number of hydrogen-bond acceptors (Lipinski definition) is 4. The lowest BCUT2D eigenvalue weighted by Crippen LogP contribution is -2.66. The third-order valence-corrected chi connectivity index (χ3v) is 2.38. The molecule has 0 aromatic heterocycles. The van der Waals surface area contributed by atoms with Crippen molar-refractivity contribution in [3.8, 4) is 6.07 Å². The van der Waals surface area contributed by atoms with Crippen LogP contribution in [-0.2, 0) is 9.47 Å². The molecule has 1 N–H and O–H groups in total. The molecule has 0 saturated carbocycles. The second-order valence-electron chi connectivity index (χ2n) is 4.23. The monoisotopic (exact) mass is 421 g/mol. The van der Waals surface area contributed by atoms with Crippen LogP contribution in [-0.4, -0.2) is 54.2 Å². The minimum atomic E-state index is -7.39. The molecule has 0 fully saturated rings. The van der Waals surface area contributed by atoms with E-state index in [0.717, 1.165) is 0 Å². The SMILES string of the molecule is N#CC(F)OC(F)(F)C(F)(OC(F)(F)C(F)(F)C(F)(F)CO)C(F)(F)F. The number of ether oxygens (including phenoxy) is 2. The normalized spacial score (nSPS) is 18.2. The molecule has 0 radical (unpaired) electrons. The lowest BCUT2D eigenvalue weighted by Gasteiger charge is -2.38. The van der Waals surface area contributed by atoms with Gasteiger partial charge in [-0.05, 0) is 0 Å². The lowest BCUT2D eigenvalue weighted by atomic mass is 10.1. The van der Waals surface area contributed by atoms with Crippen molar-refractivity contribution in [3.63, 3.8) is 0 Å². The van der Waals surface area contributed by atoms with Crippen LogP contribution in [0.25, 0.3) is 0 Å². The van der Waals surface area contributed by atoms with Gasteiger partial charge in [-0.15, -0.1) is 0 Å². The highest BCUT2D eigenvalue weighted by molar-refractivity contribution is 4.96. The molecule has 154 valence electrons. The van der Waals surface area contributed by atoms with Gasteiger partial charge in [0.2, 0.25) is 0 Å². The van der Waals surface area contributed by atoms with E-state index in [0.29, 0.717) is 0 Å². The van der Waals surface area contributed by atoms with Crippen molar-refractivity contribution in [1.29, 1.82) is 5.26 Å². The summed E-state index contributed by atoms with van der Waals surface area (Å²) >= 11 is 0. The highest BCUT2D eigenvalue weighted by atomic mass is 19.4. The smallest absolute Gasteiger partial charge is 0.390 e. The fraction of sp³-hybridized carbons (Fsp3) is 0.889. The van der Waals surface area contributed by atoms with Gasteiger partial charge in [-0.1, -0.05) is 0 Å². The molecule has 0 rings (SSSR count). The molecule has 0 aromatic carbocycles. The third kappa shape index (κ3) is 4.06. The summed E-state index contributed by atoms with van der Waals surface area (Å²) in [7, 11) is 0. The zero-order valence-electron chi connectivity index (χ0n) is 11.4. The molecule has 0 saturated heterocycles. The maximum absolute atomic E-state index is 13.5. The van der Waals surface area contributed by atoms with Gasteiger partial charge in [0.1, 0.15) is 12.7 Å². The molecule has 0 heterocycles. The molecule has 0 aliphatic heterocycles. The number of hydrogen-bond donors (Lipinski definition) is 1. The predicted molar refractivity (Wildman–Crippen MR) is 49.4 cm³/mol. The number of nitriles is 1. The Balaban J connectivity index is 6.21. The number of rotatable bonds is 8. The minimum absolute atomic E-state index is 0.0239. The Bertz CT molecular complexity index is 542. The number of halogens is 13. The largest absolute Gasteiger partial charge is 0.458 e. The standard InChI is InChI=1S/C9H4F13NO3/c10-3(1-23)25-9(21,22)6(15,7(16,17)18)26-8(19,20)5(13,14)4(11,12)2-24/h3,24H,2H2. The van der Waals surface area contributed by atoms with Gasteiger partial charge in [0.25, 0.3) is 6.36 Å². The molecule has 17 heteroatoms. The maximum Gasteiger partial charge on any atom is 0.458 e. The Morgan fingerprint density at radius 2 is 1.27 bits per heavy atom. The van der Waals surface area contributed by atoms with Crippen LogP contribution in [0, 0.1) is 11.3 Å². The molecule has 0 bridgehead atoms. The van der Waals surface area contributed by atoms with Crippen LogP contribution in [0.15, 0.2) is 0 Å². The van der Waals surface area contributed by atoms with Gasteiger partial charge in [-0.25, -0.2) is 0 Å². The summed E-state index contributed by atoms with van der Waals surface area (Å²) in [5, 5.41) is 15.6. The first-order valence-electron chi connectivity index (χ1n) is 5.52. The average molecular weight is 421 g/mol. The van der Waals surface area contributed by atoms with E-state index in [4.69, 9.17) is 10.4 Å². The Morgan fingerprint density at radius 3 is 1.58 bits per heavy atom. The van der Waals surface area contributed by atoms with Gasteiger partial charge in [0.15, 0.2) is 0 Å². The van der Waals surface area contributed by atoms with Gasteiger partial charge in [0, 0.05) is 0 Å². The molecule has 26 heavy (non-hydrogen) atoms. The molecule has 0 aromatic rings. The van der Waals surface area contributed by atoms with Crippen LogP contribution < -0.4 is 0 Å².